The number of carbonyl (C=O) groups is 1. The first-order valence-electron chi connectivity index (χ1n) is 7.76. The molecule has 2 aromatic rings. The van der Waals surface area contributed by atoms with Gasteiger partial charge >= 0.3 is 149 Å². The van der Waals surface area contributed by atoms with Crippen LogP contribution in [-0.2, 0) is 10.1 Å². The maximum absolute atomic E-state index is 11.8. The average Bonchev–Trinajstić information content (AvgIpc) is 2.57. The van der Waals surface area contributed by atoms with E-state index >= 15 is 0 Å². The molecular formula is C18H21NO2SSe. The van der Waals surface area contributed by atoms with Crippen molar-refractivity contribution in [2.45, 2.75) is 36.3 Å². The van der Waals surface area contributed by atoms with Gasteiger partial charge in [-0.05, 0) is 0 Å². The van der Waals surface area contributed by atoms with Crippen molar-refractivity contribution in [2.24, 2.45) is 0 Å². The molecule has 2 rings (SSSR count). The fourth-order valence-corrected chi connectivity index (χ4v) is 4.29. The van der Waals surface area contributed by atoms with Gasteiger partial charge in [0, 0.05) is 0 Å². The summed E-state index contributed by atoms with van der Waals surface area (Å²) in [6.45, 7) is 0. The van der Waals surface area contributed by atoms with Crippen molar-refractivity contribution in [3.63, 3.8) is 0 Å². The van der Waals surface area contributed by atoms with Crippen LogP contribution < -0.4 is 4.84 Å². The summed E-state index contributed by atoms with van der Waals surface area (Å²) in [6, 6.07) is 16.0. The summed E-state index contributed by atoms with van der Waals surface area (Å²) in [5.74, 6) is -0.220. The molecule has 1 aromatic carbocycles. The summed E-state index contributed by atoms with van der Waals surface area (Å²) in [7, 11) is 0. The molecular weight excluding hydrogens is 373 g/mol. The fraction of sp³-hybridized carbons (Fsp3) is 0.333. The van der Waals surface area contributed by atoms with Crippen molar-refractivity contribution in [1.29, 1.82) is 0 Å². The fourth-order valence-electron chi connectivity index (χ4n) is 2.06. The van der Waals surface area contributed by atoms with E-state index in [1.807, 2.05) is 6.07 Å². The second-order valence-corrected chi connectivity index (χ2v) is 7.91. The topological polar surface area (TPSA) is 31.2 Å². The van der Waals surface area contributed by atoms with Crippen LogP contribution in [-0.4, -0.2) is 25.7 Å². The molecule has 0 fully saturated rings. The molecule has 23 heavy (non-hydrogen) atoms. The third-order valence-electron chi connectivity index (χ3n) is 3.27. The molecule has 122 valence electrons. The first-order chi connectivity index (χ1) is 11.3. The van der Waals surface area contributed by atoms with E-state index in [-0.39, 0.29) is 5.97 Å². The van der Waals surface area contributed by atoms with Gasteiger partial charge in [0.1, 0.15) is 0 Å². The molecule has 0 radical (unpaired) electrons. The zero-order chi connectivity index (χ0) is 16.3. The molecule has 0 saturated carbocycles. The van der Waals surface area contributed by atoms with Crippen LogP contribution in [0.2, 0.25) is 5.32 Å². The third-order valence-corrected chi connectivity index (χ3v) is 5.92. The van der Waals surface area contributed by atoms with Crippen LogP contribution in [0.5, 0.6) is 0 Å². The molecule has 0 aliphatic heterocycles. The molecule has 0 unspecified atom stereocenters. The summed E-state index contributed by atoms with van der Waals surface area (Å²) < 4.78 is 1.85. The Labute approximate surface area is 148 Å². The standard InChI is InChI=1S/C18H21NO2SSe/c20-18(21-19-13-7-6-11-17(19)22)12-5-2-8-14-23-15-16-9-3-1-4-10-16/h1,3-4,6-7,9-11,13H,2,5,8,12,14-15H2. The van der Waals surface area contributed by atoms with Crippen molar-refractivity contribution in [2.75, 3.05) is 0 Å². The Morgan fingerprint density at radius 3 is 2.61 bits per heavy atom. The maximum atomic E-state index is 11.8. The number of hydrogen-bond acceptors (Lipinski definition) is 3. The van der Waals surface area contributed by atoms with Crippen LogP contribution in [0.25, 0.3) is 0 Å². The van der Waals surface area contributed by atoms with E-state index in [0.717, 1.165) is 12.8 Å². The molecule has 0 aliphatic rings. The Morgan fingerprint density at radius 1 is 1.04 bits per heavy atom. The summed E-state index contributed by atoms with van der Waals surface area (Å²) in [5, 5.41) is 2.46. The molecule has 0 bridgehead atoms. The average molecular weight is 394 g/mol. The molecule has 0 N–H and O–H groups in total. The number of unbranched alkanes of at least 4 members (excludes halogenated alkanes) is 2. The first kappa shape index (κ1) is 17.9. The predicted octanol–water partition coefficient (Wildman–Crippen LogP) is 4.06. The van der Waals surface area contributed by atoms with Crippen molar-refractivity contribution < 1.29 is 9.63 Å². The van der Waals surface area contributed by atoms with Gasteiger partial charge in [-0.25, -0.2) is 0 Å². The van der Waals surface area contributed by atoms with Crippen LogP contribution >= 0.6 is 12.2 Å². The van der Waals surface area contributed by atoms with Crippen LogP contribution in [0.15, 0.2) is 54.7 Å². The molecule has 0 saturated heterocycles. The molecule has 0 spiro atoms. The number of pyridine rings is 1. The van der Waals surface area contributed by atoms with Gasteiger partial charge in [-0.15, -0.1) is 0 Å². The zero-order valence-corrected chi connectivity index (χ0v) is 15.5. The van der Waals surface area contributed by atoms with E-state index < -0.39 is 0 Å². The summed E-state index contributed by atoms with van der Waals surface area (Å²) in [5.41, 5.74) is 1.43. The number of carbonyl (C=O) groups excluding carboxylic acids is 1. The van der Waals surface area contributed by atoms with E-state index in [2.05, 4.69) is 30.3 Å². The molecule has 0 atom stereocenters. The summed E-state index contributed by atoms with van der Waals surface area (Å²) >= 11 is 5.73. The van der Waals surface area contributed by atoms with Crippen molar-refractivity contribution in [3.05, 3.63) is 64.9 Å². The molecule has 0 amide bonds. The molecule has 3 nitrogen and oxygen atoms in total. The van der Waals surface area contributed by atoms with E-state index in [1.54, 1.807) is 18.3 Å². The van der Waals surface area contributed by atoms with E-state index in [9.17, 15) is 4.79 Å². The molecule has 1 heterocycles. The molecule has 5 heteroatoms. The van der Waals surface area contributed by atoms with Gasteiger partial charge < -0.3 is 0 Å². The van der Waals surface area contributed by atoms with Crippen LogP contribution in [0.3, 0.4) is 0 Å². The quantitative estimate of drug-likeness (QED) is 0.365. The first-order valence-corrected chi connectivity index (χ1v) is 10.6. The zero-order valence-electron chi connectivity index (χ0n) is 13.0. The number of rotatable bonds is 9. The third kappa shape index (κ3) is 7.12. The Morgan fingerprint density at radius 2 is 1.83 bits per heavy atom. The van der Waals surface area contributed by atoms with Gasteiger partial charge in [-0.1, -0.05) is 0 Å². The van der Waals surface area contributed by atoms with Gasteiger partial charge in [0.2, 0.25) is 0 Å². The molecule has 0 aliphatic carbocycles. The van der Waals surface area contributed by atoms with E-state index in [4.69, 9.17) is 17.1 Å². The number of nitrogens with zero attached hydrogens (tertiary/aromatic N) is 1. The minimum absolute atomic E-state index is 0.220. The summed E-state index contributed by atoms with van der Waals surface area (Å²) in [4.78, 5) is 17.0. The Balaban J connectivity index is 1.53. The second kappa shape index (κ2) is 10.4. The van der Waals surface area contributed by atoms with Gasteiger partial charge in [0.15, 0.2) is 0 Å². The Hall–Kier alpha value is -1.42. The van der Waals surface area contributed by atoms with Crippen LogP contribution in [0.4, 0.5) is 0 Å². The molecule has 1 aromatic heterocycles. The monoisotopic (exact) mass is 395 g/mol. The van der Waals surface area contributed by atoms with Gasteiger partial charge in [-0.2, -0.15) is 0 Å². The van der Waals surface area contributed by atoms with E-state index in [0.29, 0.717) is 26.0 Å². The number of hydrogen-bond donors (Lipinski definition) is 0. The minimum atomic E-state index is -0.220. The Kier molecular flexibility index (Phi) is 8.08. The van der Waals surface area contributed by atoms with E-state index in [1.165, 1.54) is 27.4 Å². The number of aromatic nitrogens is 1. The predicted molar refractivity (Wildman–Crippen MR) is 96.0 cm³/mol. The SMILES string of the molecule is O=C(CCCCC[Se]Cc1ccccc1)On1ccccc1=S. The second-order valence-electron chi connectivity index (χ2n) is 5.18. The van der Waals surface area contributed by atoms with Crippen molar-refractivity contribution in [1.82, 2.24) is 4.73 Å². The van der Waals surface area contributed by atoms with Gasteiger partial charge in [-0.3, -0.25) is 0 Å². The Bertz CT molecular complexity index is 657. The van der Waals surface area contributed by atoms with Crippen LogP contribution in [0, 0.1) is 4.64 Å². The normalized spacial score (nSPS) is 10.4. The van der Waals surface area contributed by atoms with Crippen LogP contribution in [0.1, 0.15) is 31.2 Å². The van der Waals surface area contributed by atoms with Gasteiger partial charge in [0.25, 0.3) is 0 Å². The van der Waals surface area contributed by atoms with Crippen molar-refractivity contribution >= 4 is 33.1 Å². The summed E-state index contributed by atoms with van der Waals surface area (Å²) in [6.07, 6.45) is 5.24. The number of benzene rings is 1. The van der Waals surface area contributed by atoms with Crippen molar-refractivity contribution in [3.8, 4) is 0 Å². The van der Waals surface area contributed by atoms with Gasteiger partial charge in [0.05, 0.1) is 0 Å².